The third kappa shape index (κ3) is 3.87. The monoisotopic (exact) mass is 241 g/mol. The van der Waals surface area contributed by atoms with E-state index in [0.29, 0.717) is 18.9 Å². The first-order valence-corrected chi connectivity index (χ1v) is 5.62. The Labute approximate surface area is 101 Å². The topological polar surface area (TPSA) is 62.9 Å². The van der Waals surface area contributed by atoms with Crippen molar-refractivity contribution in [2.24, 2.45) is 0 Å². The van der Waals surface area contributed by atoms with Crippen molar-refractivity contribution in [3.8, 4) is 0 Å². The summed E-state index contributed by atoms with van der Waals surface area (Å²) < 4.78 is 10.2. The molecule has 1 aromatic rings. The van der Waals surface area contributed by atoms with Crippen LogP contribution in [0.15, 0.2) is 10.5 Å². The van der Waals surface area contributed by atoms with Crippen LogP contribution in [0.4, 0.5) is 0 Å². The minimum Gasteiger partial charge on any atom is -0.475 e. The molecule has 0 aromatic carbocycles. The van der Waals surface area contributed by atoms with E-state index in [2.05, 4.69) is 11.8 Å². The van der Waals surface area contributed by atoms with Gasteiger partial charge in [0.05, 0.1) is 6.61 Å². The van der Waals surface area contributed by atoms with Crippen LogP contribution in [0.5, 0.6) is 0 Å². The van der Waals surface area contributed by atoms with E-state index in [0.717, 1.165) is 18.7 Å². The van der Waals surface area contributed by atoms with E-state index in [9.17, 15) is 4.79 Å². The molecule has 0 saturated heterocycles. The first-order valence-electron chi connectivity index (χ1n) is 5.62. The molecule has 0 atom stereocenters. The zero-order valence-electron chi connectivity index (χ0n) is 10.5. The maximum absolute atomic E-state index is 10.8. The Morgan fingerprint density at radius 3 is 2.76 bits per heavy atom. The van der Waals surface area contributed by atoms with Gasteiger partial charge >= 0.3 is 5.97 Å². The fourth-order valence-corrected chi connectivity index (χ4v) is 1.59. The van der Waals surface area contributed by atoms with Crippen LogP contribution in [0, 0.1) is 6.92 Å². The van der Waals surface area contributed by atoms with Gasteiger partial charge in [-0.15, -0.1) is 0 Å². The Kier molecular flexibility index (Phi) is 5.18. The molecule has 1 aromatic heterocycles. The van der Waals surface area contributed by atoms with Crippen molar-refractivity contribution in [2.75, 3.05) is 26.8 Å². The fraction of sp³-hybridized carbons (Fsp3) is 0.583. The number of aromatic carboxylic acids is 1. The summed E-state index contributed by atoms with van der Waals surface area (Å²) in [5.41, 5.74) is 0.917. The summed E-state index contributed by atoms with van der Waals surface area (Å²) in [5, 5.41) is 8.83. The maximum Gasteiger partial charge on any atom is 0.371 e. The van der Waals surface area contributed by atoms with E-state index in [-0.39, 0.29) is 5.76 Å². The molecule has 0 radical (unpaired) electrons. The largest absolute Gasteiger partial charge is 0.475 e. The minimum atomic E-state index is -1.03. The molecule has 96 valence electrons. The molecular weight excluding hydrogens is 222 g/mol. The Morgan fingerprint density at radius 2 is 2.29 bits per heavy atom. The highest BCUT2D eigenvalue weighted by Gasteiger charge is 2.14. The molecule has 5 nitrogen and oxygen atoms in total. The number of ether oxygens (including phenoxy) is 1. The molecule has 0 aliphatic carbocycles. The fourth-order valence-electron chi connectivity index (χ4n) is 1.59. The Hall–Kier alpha value is -1.33. The summed E-state index contributed by atoms with van der Waals surface area (Å²) in [6.07, 6.45) is 0. The lowest BCUT2D eigenvalue weighted by Gasteiger charge is -2.19. The molecule has 0 spiro atoms. The molecule has 0 bridgehead atoms. The van der Waals surface area contributed by atoms with Crippen LogP contribution in [-0.2, 0) is 11.3 Å². The van der Waals surface area contributed by atoms with Gasteiger partial charge in [-0.05, 0) is 19.5 Å². The number of likely N-dealkylation sites (N-methyl/N-ethyl adjacent to an activating group) is 1. The summed E-state index contributed by atoms with van der Waals surface area (Å²) >= 11 is 0. The number of hydrogen-bond donors (Lipinski definition) is 1. The smallest absolute Gasteiger partial charge is 0.371 e. The van der Waals surface area contributed by atoms with E-state index in [1.807, 2.05) is 0 Å². The molecule has 0 amide bonds. The molecule has 1 heterocycles. The maximum atomic E-state index is 10.8. The van der Waals surface area contributed by atoms with Gasteiger partial charge in [0, 0.05) is 25.8 Å². The minimum absolute atomic E-state index is 0.000273. The van der Waals surface area contributed by atoms with Crippen LogP contribution in [0.2, 0.25) is 0 Å². The zero-order valence-corrected chi connectivity index (χ0v) is 10.5. The summed E-state index contributed by atoms with van der Waals surface area (Å²) in [4.78, 5) is 12.9. The summed E-state index contributed by atoms with van der Waals surface area (Å²) in [5.74, 6) is -0.363. The molecule has 0 aliphatic rings. The highest BCUT2D eigenvalue weighted by Crippen LogP contribution is 2.16. The van der Waals surface area contributed by atoms with Gasteiger partial charge in [0.25, 0.3) is 0 Å². The number of carboxylic acid groups (broad SMARTS) is 1. The van der Waals surface area contributed by atoms with Crippen LogP contribution in [0.1, 0.15) is 28.8 Å². The second-order valence-electron chi connectivity index (χ2n) is 3.86. The molecule has 0 fully saturated rings. The van der Waals surface area contributed by atoms with Crippen molar-refractivity contribution in [3.05, 3.63) is 23.2 Å². The summed E-state index contributed by atoms with van der Waals surface area (Å²) in [6, 6.07) is 1.59. The SMILES string of the molecule is CCN(CCOC)Cc1cc(C(=O)O)oc1C. The van der Waals surface area contributed by atoms with Gasteiger partial charge in [-0.25, -0.2) is 4.79 Å². The Bertz CT molecular complexity index is 373. The van der Waals surface area contributed by atoms with Gasteiger partial charge in [0.2, 0.25) is 5.76 Å². The lowest BCUT2D eigenvalue weighted by Crippen LogP contribution is -2.26. The van der Waals surface area contributed by atoms with Crippen molar-refractivity contribution in [3.63, 3.8) is 0 Å². The Morgan fingerprint density at radius 1 is 1.59 bits per heavy atom. The second-order valence-corrected chi connectivity index (χ2v) is 3.86. The molecule has 0 saturated carbocycles. The lowest BCUT2D eigenvalue weighted by atomic mass is 10.2. The number of nitrogens with zero attached hydrogens (tertiary/aromatic N) is 1. The van der Waals surface area contributed by atoms with E-state index in [4.69, 9.17) is 14.3 Å². The zero-order chi connectivity index (χ0) is 12.8. The third-order valence-electron chi connectivity index (χ3n) is 2.68. The molecule has 1 rings (SSSR count). The number of furan rings is 1. The first-order chi connectivity index (χ1) is 8.08. The van der Waals surface area contributed by atoms with Crippen molar-refractivity contribution >= 4 is 5.97 Å². The number of carbonyl (C=O) groups is 1. The van der Waals surface area contributed by atoms with Crippen molar-refractivity contribution in [1.29, 1.82) is 0 Å². The standard InChI is InChI=1S/C12H19NO4/c1-4-13(5-6-16-3)8-10-7-11(12(14)15)17-9(10)2/h7H,4-6,8H2,1-3H3,(H,14,15). The Balaban J connectivity index is 2.68. The quantitative estimate of drug-likeness (QED) is 0.788. The van der Waals surface area contributed by atoms with Crippen LogP contribution >= 0.6 is 0 Å². The molecular formula is C12H19NO4. The van der Waals surface area contributed by atoms with Gasteiger partial charge in [-0.2, -0.15) is 0 Å². The second kappa shape index (κ2) is 6.42. The molecule has 0 aliphatic heterocycles. The highest BCUT2D eigenvalue weighted by atomic mass is 16.5. The average molecular weight is 241 g/mol. The van der Waals surface area contributed by atoms with Gasteiger partial charge in [0.15, 0.2) is 0 Å². The predicted octanol–water partition coefficient (Wildman–Crippen LogP) is 1.75. The third-order valence-corrected chi connectivity index (χ3v) is 2.68. The molecule has 1 N–H and O–H groups in total. The van der Waals surface area contributed by atoms with E-state index in [1.54, 1.807) is 20.1 Å². The van der Waals surface area contributed by atoms with Crippen molar-refractivity contribution in [2.45, 2.75) is 20.4 Å². The van der Waals surface area contributed by atoms with E-state index < -0.39 is 5.97 Å². The summed E-state index contributed by atoms with van der Waals surface area (Å²) in [7, 11) is 1.67. The number of methoxy groups -OCH3 is 1. The highest BCUT2D eigenvalue weighted by molar-refractivity contribution is 5.84. The van der Waals surface area contributed by atoms with Gasteiger partial charge in [-0.1, -0.05) is 6.92 Å². The predicted molar refractivity (Wildman–Crippen MR) is 63.2 cm³/mol. The van der Waals surface area contributed by atoms with Crippen molar-refractivity contribution in [1.82, 2.24) is 4.90 Å². The number of hydrogen-bond acceptors (Lipinski definition) is 4. The average Bonchev–Trinajstić information content (AvgIpc) is 2.66. The van der Waals surface area contributed by atoms with Crippen LogP contribution in [0.25, 0.3) is 0 Å². The number of aryl methyl sites for hydroxylation is 1. The normalized spacial score (nSPS) is 11.1. The lowest BCUT2D eigenvalue weighted by molar-refractivity contribution is 0.0661. The molecule has 0 unspecified atom stereocenters. The van der Waals surface area contributed by atoms with Crippen LogP contribution in [-0.4, -0.2) is 42.8 Å². The number of carboxylic acids is 1. The van der Waals surface area contributed by atoms with Crippen molar-refractivity contribution < 1.29 is 19.1 Å². The first kappa shape index (κ1) is 13.7. The number of rotatable bonds is 7. The van der Waals surface area contributed by atoms with Gasteiger partial charge < -0.3 is 14.3 Å². The van der Waals surface area contributed by atoms with Gasteiger partial charge in [-0.3, -0.25) is 4.90 Å². The van der Waals surface area contributed by atoms with Crippen LogP contribution in [0.3, 0.4) is 0 Å². The van der Waals surface area contributed by atoms with E-state index in [1.165, 1.54) is 0 Å². The molecule has 5 heteroatoms. The van der Waals surface area contributed by atoms with E-state index >= 15 is 0 Å². The van der Waals surface area contributed by atoms with Crippen LogP contribution < -0.4 is 0 Å². The summed E-state index contributed by atoms with van der Waals surface area (Å²) in [6.45, 7) is 6.89. The molecule has 17 heavy (non-hydrogen) atoms. The van der Waals surface area contributed by atoms with Gasteiger partial charge in [0.1, 0.15) is 5.76 Å².